The second kappa shape index (κ2) is 14.4. The molecule has 128 valence electrons. The maximum Gasteiger partial charge on any atom is 0.302 e. The molecule has 0 bridgehead atoms. The Labute approximate surface area is 134 Å². The van der Waals surface area contributed by atoms with Crippen molar-refractivity contribution in [3.8, 4) is 0 Å². The number of carbonyl (C=O) groups is 1. The quantitative estimate of drug-likeness (QED) is 0.447. The molecule has 0 aliphatic carbocycles. The van der Waals surface area contributed by atoms with Gasteiger partial charge in [-0.1, -0.05) is 74.1 Å². The van der Waals surface area contributed by atoms with E-state index in [9.17, 15) is 4.79 Å². The topological polar surface area (TPSA) is 26.3 Å². The molecule has 0 heterocycles. The molecule has 0 amide bonds. The number of esters is 1. The van der Waals surface area contributed by atoms with Gasteiger partial charge in [0.1, 0.15) is 6.10 Å². The molecule has 0 aromatic heterocycles. The lowest BCUT2D eigenvalue weighted by Crippen LogP contribution is -2.32. The summed E-state index contributed by atoms with van der Waals surface area (Å²) in [6.45, 7) is 16.7. The molecule has 0 rings (SSSR count). The first-order valence-corrected chi connectivity index (χ1v) is 9.13. The van der Waals surface area contributed by atoms with E-state index in [4.69, 9.17) is 4.74 Å². The van der Waals surface area contributed by atoms with Gasteiger partial charge in [-0.15, -0.1) is 0 Å². The van der Waals surface area contributed by atoms with Crippen molar-refractivity contribution in [2.24, 2.45) is 17.8 Å². The highest BCUT2D eigenvalue weighted by Gasteiger charge is 2.27. The van der Waals surface area contributed by atoms with Crippen molar-refractivity contribution in [3.05, 3.63) is 0 Å². The van der Waals surface area contributed by atoms with Gasteiger partial charge in [0, 0.05) is 6.92 Å². The van der Waals surface area contributed by atoms with Gasteiger partial charge < -0.3 is 4.74 Å². The monoisotopic (exact) mass is 300 g/mol. The molecule has 2 heteroatoms. The molecule has 0 saturated carbocycles. The molecule has 0 aromatic rings. The normalized spacial score (nSPS) is 16.2. The van der Waals surface area contributed by atoms with E-state index in [1.807, 2.05) is 13.8 Å². The first-order chi connectivity index (χ1) is 9.96. The molecular weight excluding hydrogens is 260 g/mol. The average Bonchev–Trinajstić information content (AvgIpc) is 2.46. The summed E-state index contributed by atoms with van der Waals surface area (Å²) in [7, 11) is 0. The van der Waals surface area contributed by atoms with E-state index in [1.54, 1.807) is 0 Å². The molecule has 0 spiro atoms. The maximum atomic E-state index is 11.3. The summed E-state index contributed by atoms with van der Waals surface area (Å²) in [4.78, 5) is 11.3. The molecule has 0 aromatic carbocycles. The van der Waals surface area contributed by atoms with Crippen LogP contribution in [0.1, 0.15) is 93.9 Å². The van der Waals surface area contributed by atoms with E-state index >= 15 is 0 Å². The third-order valence-electron chi connectivity index (χ3n) is 4.15. The summed E-state index contributed by atoms with van der Waals surface area (Å²) in [5, 5.41) is 0. The maximum absolute atomic E-state index is 11.3. The molecule has 0 aliphatic rings. The van der Waals surface area contributed by atoms with Crippen LogP contribution in [-0.2, 0) is 9.53 Å². The van der Waals surface area contributed by atoms with Crippen molar-refractivity contribution < 1.29 is 9.53 Å². The molecule has 0 N–H and O–H groups in total. The van der Waals surface area contributed by atoms with Crippen molar-refractivity contribution in [3.63, 3.8) is 0 Å². The Bertz CT molecular complexity index is 238. The first kappa shape index (κ1) is 22.7. The molecule has 4 unspecified atom stereocenters. The second-order valence-corrected chi connectivity index (χ2v) is 6.12. The minimum Gasteiger partial charge on any atom is -0.462 e. The Morgan fingerprint density at radius 1 is 0.952 bits per heavy atom. The zero-order valence-corrected chi connectivity index (χ0v) is 15.9. The summed E-state index contributed by atoms with van der Waals surface area (Å²) in [5.41, 5.74) is 0. The zero-order chi connectivity index (χ0) is 16.8. The van der Waals surface area contributed by atoms with Crippen LogP contribution in [-0.4, -0.2) is 12.1 Å². The van der Waals surface area contributed by atoms with Gasteiger partial charge in [-0.05, 0) is 30.6 Å². The fourth-order valence-electron chi connectivity index (χ4n) is 3.16. The van der Waals surface area contributed by atoms with E-state index in [-0.39, 0.29) is 12.1 Å². The van der Waals surface area contributed by atoms with E-state index in [2.05, 4.69) is 34.6 Å². The molecule has 0 saturated heterocycles. The summed E-state index contributed by atoms with van der Waals surface area (Å²) in [6, 6.07) is 0. The first-order valence-electron chi connectivity index (χ1n) is 9.13. The lowest BCUT2D eigenvalue weighted by molar-refractivity contribution is -0.152. The standard InChI is InChI=1S/C17H34O2.C2H6/c1-7-10-13(4)17(19-15(6)18)14(5)12-16(9-3)11-8-2;1-2/h13-14,16-17H,7-12H2,1-6H3;1-2H3. The number of rotatable bonds is 10. The molecule has 0 radical (unpaired) electrons. The van der Waals surface area contributed by atoms with E-state index in [1.165, 1.54) is 32.6 Å². The van der Waals surface area contributed by atoms with Gasteiger partial charge in [-0.25, -0.2) is 0 Å². The molecule has 4 atom stereocenters. The predicted octanol–water partition coefficient (Wildman–Crippen LogP) is 6.23. The Morgan fingerprint density at radius 3 is 1.86 bits per heavy atom. The lowest BCUT2D eigenvalue weighted by Gasteiger charge is -2.31. The van der Waals surface area contributed by atoms with E-state index in [0.717, 1.165) is 18.8 Å². The number of hydrogen-bond donors (Lipinski definition) is 0. The van der Waals surface area contributed by atoms with Gasteiger partial charge in [0.2, 0.25) is 0 Å². The van der Waals surface area contributed by atoms with Crippen molar-refractivity contribution in [1.29, 1.82) is 0 Å². The Morgan fingerprint density at radius 2 is 1.48 bits per heavy atom. The van der Waals surface area contributed by atoms with Crippen LogP contribution >= 0.6 is 0 Å². The number of ether oxygens (including phenoxy) is 1. The van der Waals surface area contributed by atoms with Crippen molar-refractivity contribution in [2.45, 2.75) is 100 Å². The second-order valence-electron chi connectivity index (χ2n) is 6.12. The Hall–Kier alpha value is -0.530. The average molecular weight is 301 g/mol. The van der Waals surface area contributed by atoms with E-state index in [0.29, 0.717) is 11.8 Å². The molecule has 0 aliphatic heterocycles. The van der Waals surface area contributed by atoms with E-state index < -0.39 is 0 Å². The SMILES string of the molecule is CC.CCCC(CC)CC(C)C(OC(C)=O)C(C)CCC. The summed E-state index contributed by atoms with van der Waals surface area (Å²) in [5.74, 6) is 1.56. The van der Waals surface area contributed by atoms with Gasteiger partial charge in [-0.2, -0.15) is 0 Å². The molecule has 21 heavy (non-hydrogen) atoms. The Kier molecular flexibility index (Phi) is 15.6. The number of carbonyl (C=O) groups excluding carboxylic acids is 1. The smallest absolute Gasteiger partial charge is 0.302 e. The fourth-order valence-corrected chi connectivity index (χ4v) is 3.16. The van der Waals surface area contributed by atoms with Crippen LogP contribution in [0.4, 0.5) is 0 Å². The van der Waals surface area contributed by atoms with Crippen LogP contribution < -0.4 is 0 Å². The lowest BCUT2D eigenvalue weighted by atomic mass is 9.82. The zero-order valence-electron chi connectivity index (χ0n) is 15.9. The van der Waals surface area contributed by atoms with Gasteiger partial charge in [-0.3, -0.25) is 4.79 Å². The third kappa shape index (κ3) is 10.8. The van der Waals surface area contributed by atoms with Gasteiger partial charge in [0.05, 0.1) is 0 Å². The summed E-state index contributed by atoms with van der Waals surface area (Å²) in [6.07, 6.45) is 7.31. The van der Waals surface area contributed by atoms with Crippen molar-refractivity contribution in [2.75, 3.05) is 0 Å². The van der Waals surface area contributed by atoms with Crippen LogP contribution in [0.5, 0.6) is 0 Å². The number of hydrogen-bond acceptors (Lipinski definition) is 2. The Balaban J connectivity index is 0. The third-order valence-corrected chi connectivity index (χ3v) is 4.15. The summed E-state index contributed by atoms with van der Waals surface area (Å²) < 4.78 is 5.61. The van der Waals surface area contributed by atoms with Crippen LogP contribution in [0.3, 0.4) is 0 Å². The highest BCUT2D eigenvalue weighted by Crippen LogP contribution is 2.29. The fraction of sp³-hybridized carbons (Fsp3) is 0.947. The van der Waals surface area contributed by atoms with Crippen molar-refractivity contribution >= 4 is 5.97 Å². The highest BCUT2D eigenvalue weighted by molar-refractivity contribution is 5.66. The molecule has 0 fully saturated rings. The minimum absolute atomic E-state index is 0.0864. The largest absolute Gasteiger partial charge is 0.462 e. The van der Waals surface area contributed by atoms with Gasteiger partial charge >= 0.3 is 5.97 Å². The van der Waals surface area contributed by atoms with Crippen LogP contribution in [0, 0.1) is 17.8 Å². The van der Waals surface area contributed by atoms with Crippen LogP contribution in [0.2, 0.25) is 0 Å². The molecule has 2 nitrogen and oxygen atoms in total. The van der Waals surface area contributed by atoms with Crippen molar-refractivity contribution in [1.82, 2.24) is 0 Å². The summed E-state index contributed by atoms with van der Waals surface area (Å²) >= 11 is 0. The highest BCUT2D eigenvalue weighted by atomic mass is 16.5. The predicted molar refractivity (Wildman–Crippen MR) is 93.4 cm³/mol. The van der Waals surface area contributed by atoms with Crippen LogP contribution in [0.15, 0.2) is 0 Å². The van der Waals surface area contributed by atoms with Gasteiger partial charge in [0.25, 0.3) is 0 Å². The minimum atomic E-state index is -0.136. The molecular formula is C19H40O2. The van der Waals surface area contributed by atoms with Crippen LogP contribution in [0.25, 0.3) is 0 Å². The van der Waals surface area contributed by atoms with Gasteiger partial charge in [0.15, 0.2) is 0 Å².